The van der Waals surface area contributed by atoms with E-state index in [1.165, 1.54) is 18.7 Å². The lowest BCUT2D eigenvalue weighted by molar-refractivity contribution is -0.485. The zero-order valence-corrected chi connectivity index (χ0v) is 10.0. The molecule has 3 heterocycles. The maximum atomic E-state index is 11.1. The fraction of sp³-hybridized carbons (Fsp3) is 0. The van der Waals surface area contributed by atoms with Crippen LogP contribution in [-0.2, 0) is 0 Å². The van der Waals surface area contributed by atoms with Crippen LogP contribution in [0.2, 0.25) is 0 Å². The van der Waals surface area contributed by atoms with Crippen molar-refractivity contribution in [2.75, 3.05) is 5.01 Å². The first kappa shape index (κ1) is 11.3. The summed E-state index contributed by atoms with van der Waals surface area (Å²) in [7, 11) is 0. The second-order valence-electron chi connectivity index (χ2n) is 3.45. The average molecular weight is 278 g/mol. The number of hydrogen-bond donors (Lipinski definition) is 3. The number of nitrogens with one attached hydrogen (secondary N) is 3. The van der Waals surface area contributed by atoms with E-state index in [0.29, 0.717) is 16.2 Å². The summed E-state index contributed by atoms with van der Waals surface area (Å²) < 4.78 is 0.180. The van der Waals surface area contributed by atoms with Gasteiger partial charge in [0, 0.05) is 17.4 Å². The molecule has 3 N–H and O–H groups in total. The third-order valence-corrected chi connectivity index (χ3v) is 2.63. The number of nitrogens with zero attached hydrogens (tertiary/aromatic N) is 5. The minimum Gasteiger partial charge on any atom is -0.341 e. The fourth-order valence-electron chi connectivity index (χ4n) is 1.57. The number of nitro groups is 1. The molecule has 0 unspecified atom stereocenters. The van der Waals surface area contributed by atoms with Gasteiger partial charge in [0.1, 0.15) is 5.52 Å². The molecule has 3 aromatic heterocycles. The van der Waals surface area contributed by atoms with Crippen molar-refractivity contribution in [3.05, 3.63) is 33.5 Å². The summed E-state index contributed by atoms with van der Waals surface area (Å²) in [5, 5.41) is 11.1. The molecule has 0 aliphatic carbocycles. The second kappa shape index (κ2) is 4.13. The molecule has 3 rings (SSSR count). The quantitative estimate of drug-likeness (QED) is 0.370. The van der Waals surface area contributed by atoms with E-state index in [1.807, 2.05) is 0 Å². The maximum Gasteiger partial charge on any atom is 0.279 e. The van der Waals surface area contributed by atoms with Crippen molar-refractivity contribution in [2.45, 2.75) is 0 Å². The van der Waals surface area contributed by atoms with E-state index in [-0.39, 0.29) is 16.5 Å². The van der Waals surface area contributed by atoms with Gasteiger partial charge in [0.15, 0.2) is 15.3 Å². The normalized spacial score (nSPS) is 10.7. The lowest BCUT2D eigenvalue weighted by Gasteiger charge is -2.09. The molecule has 0 aromatic carbocycles. The minimum absolute atomic E-state index is 0.0121. The van der Waals surface area contributed by atoms with Crippen LogP contribution in [0.3, 0.4) is 0 Å². The van der Waals surface area contributed by atoms with Gasteiger partial charge < -0.3 is 15.0 Å². The lowest BCUT2D eigenvalue weighted by atomic mass is 10.5. The number of hydrazine groups is 1. The van der Waals surface area contributed by atoms with Crippen molar-refractivity contribution >= 4 is 35.3 Å². The number of imidazole rings is 2. The standard InChI is InChI=1S/C8H6N8O2S/c17-16(18)15(7-9-1-2-10-7)8-13-5-4(6(19)14-8)11-3-12-5/h1-3H,(H,9,10)(H2,11,12,13,14,19). The monoisotopic (exact) mass is 278 g/mol. The predicted octanol–water partition coefficient (Wildman–Crippen LogP) is 1.07. The third kappa shape index (κ3) is 1.81. The highest BCUT2D eigenvalue weighted by Crippen LogP contribution is 2.19. The third-order valence-electron chi connectivity index (χ3n) is 2.34. The summed E-state index contributed by atoms with van der Waals surface area (Å²) in [5.74, 6) is -0.0671. The molecule has 0 fully saturated rings. The summed E-state index contributed by atoms with van der Waals surface area (Å²) in [6.07, 6.45) is 4.28. The Hall–Kier alpha value is -2.82. The van der Waals surface area contributed by atoms with Gasteiger partial charge in [0.25, 0.3) is 11.9 Å². The predicted molar refractivity (Wildman–Crippen MR) is 66.8 cm³/mol. The van der Waals surface area contributed by atoms with E-state index >= 15 is 0 Å². The first-order chi connectivity index (χ1) is 9.16. The van der Waals surface area contributed by atoms with Gasteiger partial charge in [-0.3, -0.25) is 0 Å². The molecule has 0 atom stereocenters. The summed E-state index contributed by atoms with van der Waals surface area (Å²) in [6, 6.07) is 0. The Morgan fingerprint density at radius 1 is 1.32 bits per heavy atom. The van der Waals surface area contributed by atoms with Gasteiger partial charge in [-0.05, 0) is 0 Å². The summed E-state index contributed by atoms with van der Waals surface area (Å²) >= 11 is 5.05. The molecule has 0 spiro atoms. The smallest absolute Gasteiger partial charge is 0.279 e. The van der Waals surface area contributed by atoms with Gasteiger partial charge in [0.2, 0.25) is 0 Å². The highest BCUT2D eigenvalue weighted by molar-refractivity contribution is 7.71. The number of rotatable bonds is 3. The Balaban J connectivity index is 2.21. The van der Waals surface area contributed by atoms with Crippen molar-refractivity contribution < 1.29 is 5.03 Å². The summed E-state index contributed by atoms with van der Waals surface area (Å²) in [4.78, 5) is 31.0. The van der Waals surface area contributed by atoms with Crippen molar-refractivity contribution in [2.24, 2.45) is 0 Å². The van der Waals surface area contributed by atoms with E-state index in [2.05, 4.69) is 29.9 Å². The molecule has 0 aliphatic rings. The summed E-state index contributed by atoms with van der Waals surface area (Å²) in [6.45, 7) is 0. The Kier molecular flexibility index (Phi) is 2.45. The highest BCUT2D eigenvalue weighted by Gasteiger charge is 2.26. The Morgan fingerprint density at radius 2 is 2.16 bits per heavy atom. The molecular formula is C8H6N8O2S. The second-order valence-corrected chi connectivity index (χ2v) is 3.84. The maximum absolute atomic E-state index is 11.1. The molecule has 0 radical (unpaired) electrons. The van der Waals surface area contributed by atoms with Gasteiger partial charge in [-0.15, -0.1) is 0 Å². The first-order valence-electron chi connectivity index (χ1n) is 5.04. The molecular weight excluding hydrogens is 272 g/mol. The first-order valence-corrected chi connectivity index (χ1v) is 5.45. The van der Waals surface area contributed by atoms with Gasteiger partial charge in [-0.1, -0.05) is 12.2 Å². The van der Waals surface area contributed by atoms with Gasteiger partial charge >= 0.3 is 0 Å². The Morgan fingerprint density at radius 3 is 2.84 bits per heavy atom. The van der Waals surface area contributed by atoms with Crippen LogP contribution in [0.5, 0.6) is 0 Å². The van der Waals surface area contributed by atoms with Crippen LogP contribution in [-0.4, -0.2) is 34.9 Å². The molecule has 19 heavy (non-hydrogen) atoms. The van der Waals surface area contributed by atoms with Crippen molar-refractivity contribution in [1.82, 2.24) is 29.9 Å². The van der Waals surface area contributed by atoms with Crippen molar-refractivity contribution in [3.63, 3.8) is 0 Å². The lowest BCUT2D eigenvalue weighted by Crippen LogP contribution is -2.27. The van der Waals surface area contributed by atoms with Gasteiger partial charge in [-0.25, -0.2) is 20.1 Å². The topological polar surface area (TPSA) is 132 Å². The number of aromatic amines is 3. The number of anilines is 2. The van der Waals surface area contributed by atoms with Crippen LogP contribution in [0.4, 0.5) is 11.9 Å². The molecule has 0 bridgehead atoms. The van der Waals surface area contributed by atoms with E-state index < -0.39 is 5.03 Å². The van der Waals surface area contributed by atoms with E-state index in [4.69, 9.17) is 12.2 Å². The Labute approximate surface area is 109 Å². The van der Waals surface area contributed by atoms with E-state index in [0.717, 1.165) is 0 Å². The molecule has 96 valence electrons. The van der Waals surface area contributed by atoms with Gasteiger partial charge in [-0.2, -0.15) is 4.98 Å². The number of fused-ring (bicyclic) bond motifs is 1. The van der Waals surface area contributed by atoms with E-state index in [1.54, 1.807) is 0 Å². The zero-order chi connectivity index (χ0) is 13.4. The average Bonchev–Trinajstić information content (AvgIpc) is 2.99. The molecule has 0 saturated heterocycles. The minimum atomic E-state index is -0.662. The van der Waals surface area contributed by atoms with Crippen molar-refractivity contribution in [1.29, 1.82) is 0 Å². The van der Waals surface area contributed by atoms with Gasteiger partial charge in [0.05, 0.1) is 6.33 Å². The molecule has 0 saturated carbocycles. The number of aromatic nitrogens is 6. The van der Waals surface area contributed by atoms with Crippen LogP contribution in [0, 0.1) is 14.8 Å². The molecule has 11 heteroatoms. The summed E-state index contributed by atoms with van der Waals surface area (Å²) in [5.41, 5.74) is 0.898. The zero-order valence-electron chi connectivity index (χ0n) is 9.19. The van der Waals surface area contributed by atoms with Crippen LogP contribution >= 0.6 is 12.2 Å². The largest absolute Gasteiger partial charge is 0.341 e. The van der Waals surface area contributed by atoms with E-state index in [9.17, 15) is 10.1 Å². The van der Waals surface area contributed by atoms with Crippen LogP contribution in [0.15, 0.2) is 18.7 Å². The van der Waals surface area contributed by atoms with Crippen LogP contribution in [0.1, 0.15) is 0 Å². The number of H-pyrrole nitrogens is 3. The molecule has 0 aliphatic heterocycles. The molecule has 3 aromatic rings. The Bertz CT molecular complexity index is 791. The van der Waals surface area contributed by atoms with Crippen molar-refractivity contribution in [3.8, 4) is 0 Å². The highest BCUT2D eigenvalue weighted by atomic mass is 32.1. The molecule has 0 amide bonds. The molecule has 10 nitrogen and oxygen atoms in total. The fourth-order valence-corrected chi connectivity index (χ4v) is 1.81. The SMILES string of the molecule is O=[N+]([O-])N(c1ncc[nH]1)c1nc(=S)c2[nH]cnc2[nH]1. The number of hydrogen-bond acceptors (Lipinski definition) is 6. The van der Waals surface area contributed by atoms with Crippen LogP contribution < -0.4 is 5.01 Å². The van der Waals surface area contributed by atoms with Crippen LogP contribution in [0.25, 0.3) is 11.2 Å².